The van der Waals surface area contributed by atoms with Crippen molar-refractivity contribution in [2.45, 2.75) is 13.0 Å². The van der Waals surface area contributed by atoms with Crippen molar-refractivity contribution in [1.82, 2.24) is 5.32 Å². The van der Waals surface area contributed by atoms with Crippen LogP contribution in [0.15, 0.2) is 36.4 Å². The van der Waals surface area contributed by atoms with Gasteiger partial charge in [0.2, 0.25) is 0 Å². The van der Waals surface area contributed by atoms with Crippen molar-refractivity contribution in [1.29, 1.82) is 0 Å². The van der Waals surface area contributed by atoms with Gasteiger partial charge >= 0.3 is 5.97 Å². The molecule has 16 heavy (non-hydrogen) atoms. The highest BCUT2D eigenvalue weighted by Gasteiger charge is 2.08. The molecule has 4 heteroatoms. The topological polar surface area (TPSA) is 49.3 Å². The van der Waals surface area contributed by atoms with E-state index in [0.717, 1.165) is 5.56 Å². The highest BCUT2D eigenvalue weighted by atomic mass is 19.1. The number of halogens is 1. The Kier molecular flexibility index (Phi) is 4.19. The Morgan fingerprint density at radius 3 is 2.56 bits per heavy atom. The molecule has 1 aromatic rings. The van der Waals surface area contributed by atoms with Crippen LogP contribution in [0.3, 0.4) is 0 Å². The minimum atomic E-state index is -1.01. The minimum Gasteiger partial charge on any atom is -0.478 e. The molecule has 3 nitrogen and oxygen atoms in total. The summed E-state index contributed by atoms with van der Waals surface area (Å²) in [4.78, 5) is 10.5. The van der Waals surface area contributed by atoms with Crippen LogP contribution in [0.4, 0.5) is 4.39 Å². The number of carboxylic acid groups (broad SMARTS) is 1. The van der Waals surface area contributed by atoms with Crippen LogP contribution in [-0.2, 0) is 4.79 Å². The zero-order valence-corrected chi connectivity index (χ0v) is 9.03. The minimum absolute atomic E-state index is 0.0447. The van der Waals surface area contributed by atoms with E-state index in [1.807, 2.05) is 6.92 Å². The molecule has 1 rings (SSSR count). The first kappa shape index (κ1) is 12.4. The molecule has 0 aliphatic rings. The summed E-state index contributed by atoms with van der Waals surface area (Å²) in [7, 11) is 0. The quantitative estimate of drug-likeness (QED) is 0.752. The number of rotatable bonds is 5. The van der Waals surface area contributed by atoms with E-state index in [1.165, 1.54) is 12.1 Å². The summed E-state index contributed by atoms with van der Waals surface area (Å²) in [6.07, 6.45) is 0. The van der Waals surface area contributed by atoms with E-state index in [9.17, 15) is 9.18 Å². The van der Waals surface area contributed by atoms with Crippen LogP contribution in [0.2, 0.25) is 0 Å². The maximum atomic E-state index is 12.7. The molecule has 0 saturated heterocycles. The van der Waals surface area contributed by atoms with E-state index in [-0.39, 0.29) is 24.0 Å². The van der Waals surface area contributed by atoms with Crippen LogP contribution in [-0.4, -0.2) is 17.6 Å². The van der Waals surface area contributed by atoms with Crippen LogP contribution >= 0.6 is 0 Å². The molecule has 0 aromatic heterocycles. The number of benzene rings is 1. The molecule has 2 N–H and O–H groups in total. The van der Waals surface area contributed by atoms with Crippen LogP contribution < -0.4 is 5.32 Å². The van der Waals surface area contributed by atoms with Gasteiger partial charge in [-0.25, -0.2) is 9.18 Å². The monoisotopic (exact) mass is 223 g/mol. The summed E-state index contributed by atoms with van der Waals surface area (Å²) in [5, 5.41) is 11.6. The van der Waals surface area contributed by atoms with Gasteiger partial charge in [-0.15, -0.1) is 0 Å². The smallest absolute Gasteiger partial charge is 0.332 e. The Morgan fingerprint density at radius 1 is 1.50 bits per heavy atom. The molecule has 0 bridgehead atoms. The molecule has 0 saturated carbocycles. The molecule has 0 aliphatic carbocycles. The zero-order valence-electron chi connectivity index (χ0n) is 9.03. The largest absolute Gasteiger partial charge is 0.478 e. The van der Waals surface area contributed by atoms with E-state index >= 15 is 0 Å². The van der Waals surface area contributed by atoms with Gasteiger partial charge < -0.3 is 10.4 Å². The first-order chi connectivity index (χ1) is 7.50. The average molecular weight is 223 g/mol. The second kappa shape index (κ2) is 5.42. The number of carboxylic acids is 1. The standard InChI is InChI=1S/C12H14FNO2/c1-8(12(15)16)7-14-9(2)10-3-5-11(13)6-4-10/h3-6,9,14H,1,7H2,2H3,(H,15,16)/t9-/m1/s1. The third-order valence-electron chi connectivity index (χ3n) is 2.29. The van der Waals surface area contributed by atoms with Crippen LogP contribution in [0.1, 0.15) is 18.5 Å². The number of carbonyl (C=O) groups is 1. The molecule has 0 amide bonds. The highest BCUT2D eigenvalue weighted by Crippen LogP contribution is 2.12. The molecule has 0 unspecified atom stereocenters. The fourth-order valence-corrected chi connectivity index (χ4v) is 1.22. The van der Waals surface area contributed by atoms with Crippen molar-refractivity contribution >= 4 is 5.97 Å². The van der Waals surface area contributed by atoms with Crippen molar-refractivity contribution in [3.05, 3.63) is 47.8 Å². The molecule has 86 valence electrons. The van der Waals surface area contributed by atoms with Gasteiger partial charge in [0.1, 0.15) is 5.82 Å². The summed E-state index contributed by atoms with van der Waals surface area (Å²) in [5.41, 5.74) is 1.01. The lowest BCUT2D eigenvalue weighted by molar-refractivity contribution is -0.132. The van der Waals surface area contributed by atoms with Gasteiger partial charge in [0.05, 0.1) is 0 Å². The summed E-state index contributed by atoms with van der Waals surface area (Å²) in [6.45, 7) is 5.49. The van der Waals surface area contributed by atoms with Crippen LogP contribution in [0, 0.1) is 5.82 Å². The van der Waals surface area contributed by atoms with Gasteiger partial charge in [-0.05, 0) is 24.6 Å². The van der Waals surface area contributed by atoms with E-state index in [1.54, 1.807) is 12.1 Å². The molecule has 0 spiro atoms. The zero-order chi connectivity index (χ0) is 12.1. The molecular weight excluding hydrogens is 209 g/mol. The van der Waals surface area contributed by atoms with Gasteiger partial charge in [0.15, 0.2) is 0 Å². The Labute approximate surface area is 93.6 Å². The van der Waals surface area contributed by atoms with Crippen molar-refractivity contribution in [3.8, 4) is 0 Å². The van der Waals surface area contributed by atoms with Gasteiger partial charge in [0, 0.05) is 18.2 Å². The lowest BCUT2D eigenvalue weighted by Gasteiger charge is -2.13. The Bertz CT molecular complexity index is 387. The predicted octanol–water partition coefficient (Wildman–Crippen LogP) is 2.12. The Hall–Kier alpha value is -1.68. The summed E-state index contributed by atoms with van der Waals surface area (Å²) in [5.74, 6) is -1.30. The molecule has 0 aliphatic heterocycles. The molecule has 1 aromatic carbocycles. The van der Waals surface area contributed by atoms with E-state index in [2.05, 4.69) is 11.9 Å². The second-order valence-electron chi connectivity index (χ2n) is 3.56. The molecule has 0 fully saturated rings. The average Bonchev–Trinajstić information content (AvgIpc) is 2.26. The van der Waals surface area contributed by atoms with E-state index < -0.39 is 5.97 Å². The van der Waals surface area contributed by atoms with Crippen molar-refractivity contribution in [2.75, 3.05) is 6.54 Å². The van der Waals surface area contributed by atoms with Crippen molar-refractivity contribution in [2.24, 2.45) is 0 Å². The second-order valence-corrected chi connectivity index (χ2v) is 3.56. The highest BCUT2D eigenvalue weighted by molar-refractivity contribution is 5.86. The lowest BCUT2D eigenvalue weighted by Crippen LogP contribution is -2.23. The third-order valence-corrected chi connectivity index (χ3v) is 2.29. The van der Waals surface area contributed by atoms with Crippen molar-refractivity contribution < 1.29 is 14.3 Å². The van der Waals surface area contributed by atoms with Gasteiger partial charge in [-0.3, -0.25) is 0 Å². The van der Waals surface area contributed by atoms with E-state index in [4.69, 9.17) is 5.11 Å². The third kappa shape index (κ3) is 3.47. The fourth-order valence-electron chi connectivity index (χ4n) is 1.22. The predicted molar refractivity (Wildman–Crippen MR) is 59.6 cm³/mol. The summed E-state index contributed by atoms with van der Waals surface area (Å²) in [6, 6.07) is 6.03. The Balaban J connectivity index is 2.52. The fraction of sp³-hybridized carbons (Fsp3) is 0.250. The number of hydrogen-bond acceptors (Lipinski definition) is 2. The number of hydrogen-bond donors (Lipinski definition) is 2. The van der Waals surface area contributed by atoms with Gasteiger partial charge in [0.25, 0.3) is 0 Å². The maximum absolute atomic E-state index is 12.7. The van der Waals surface area contributed by atoms with Crippen LogP contribution in [0.25, 0.3) is 0 Å². The lowest BCUT2D eigenvalue weighted by atomic mass is 10.1. The molecular formula is C12H14FNO2. The van der Waals surface area contributed by atoms with Crippen molar-refractivity contribution in [3.63, 3.8) is 0 Å². The van der Waals surface area contributed by atoms with Crippen LogP contribution in [0.5, 0.6) is 0 Å². The van der Waals surface area contributed by atoms with E-state index in [0.29, 0.717) is 0 Å². The SMILES string of the molecule is C=C(CN[C@H](C)c1ccc(F)cc1)C(=O)O. The molecule has 0 heterocycles. The van der Waals surface area contributed by atoms with Gasteiger partial charge in [-0.1, -0.05) is 18.7 Å². The number of nitrogens with one attached hydrogen (secondary N) is 1. The summed E-state index contributed by atoms with van der Waals surface area (Å²) < 4.78 is 12.7. The maximum Gasteiger partial charge on any atom is 0.332 e. The molecule has 1 atom stereocenters. The molecule has 0 radical (unpaired) electrons. The summed E-state index contributed by atoms with van der Waals surface area (Å²) >= 11 is 0. The van der Waals surface area contributed by atoms with Gasteiger partial charge in [-0.2, -0.15) is 0 Å². The number of aliphatic carboxylic acids is 1. The first-order valence-electron chi connectivity index (χ1n) is 4.90. The Morgan fingerprint density at radius 2 is 2.06 bits per heavy atom. The normalized spacial score (nSPS) is 12.1. The first-order valence-corrected chi connectivity index (χ1v) is 4.90.